The molecule has 7 heteroatoms. The van der Waals surface area contributed by atoms with E-state index in [2.05, 4.69) is 25.9 Å². The van der Waals surface area contributed by atoms with Gasteiger partial charge in [0.1, 0.15) is 11.9 Å². The van der Waals surface area contributed by atoms with Crippen LogP contribution < -0.4 is 9.64 Å². The Morgan fingerprint density at radius 3 is 2.84 bits per heavy atom. The van der Waals surface area contributed by atoms with Gasteiger partial charge in [-0.3, -0.25) is 0 Å². The number of ether oxygens (including phenoxy) is 1. The van der Waals surface area contributed by atoms with Crippen LogP contribution in [0.15, 0.2) is 18.5 Å². The van der Waals surface area contributed by atoms with Gasteiger partial charge < -0.3 is 9.64 Å². The maximum Gasteiger partial charge on any atom is 0.316 e. The first kappa shape index (κ1) is 17.4. The Bertz CT molecular complexity index is 790. The molecule has 0 saturated carbocycles. The highest BCUT2D eigenvalue weighted by Gasteiger charge is 2.25. The molecule has 25 heavy (non-hydrogen) atoms. The zero-order chi connectivity index (χ0) is 17.8. The molecule has 6 nitrogen and oxygen atoms in total. The molecule has 0 spiro atoms. The van der Waals surface area contributed by atoms with Crippen molar-refractivity contribution in [3.8, 4) is 12.1 Å². The number of aromatic nitrogens is 3. The van der Waals surface area contributed by atoms with Crippen LogP contribution in [0.1, 0.15) is 29.7 Å². The van der Waals surface area contributed by atoms with Crippen molar-refractivity contribution in [2.24, 2.45) is 5.92 Å². The molecule has 0 aromatic carbocycles. The summed E-state index contributed by atoms with van der Waals surface area (Å²) in [6, 6.07) is 4.42. The molecule has 3 heterocycles. The number of pyridine rings is 1. The maximum atomic E-state index is 9.55. The average molecular weight is 358 g/mol. The molecule has 0 aliphatic carbocycles. The molecule has 0 radical (unpaired) electrons. The van der Waals surface area contributed by atoms with Crippen LogP contribution in [0.3, 0.4) is 0 Å². The zero-order valence-corrected chi connectivity index (χ0v) is 15.1. The van der Waals surface area contributed by atoms with Crippen LogP contribution in [-0.2, 0) is 0 Å². The number of nitrogens with zero attached hydrogens (tertiary/aromatic N) is 5. The number of hydrogen-bond donors (Lipinski definition) is 0. The molecule has 0 amide bonds. The first-order chi connectivity index (χ1) is 12.1. The monoisotopic (exact) mass is 357 g/mol. The van der Waals surface area contributed by atoms with Crippen molar-refractivity contribution >= 4 is 17.4 Å². The van der Waals surface area contributed by atoms with Crippen LogP contribution in [0.5, 0.6) is 6.01 Å². The summed E-state index contributed by atoms with van der Waals surface area (Å²) in [7, 11) is 0. The number of halogens is 1. The summed E-state index contributed by atoms with van der Waals surface area (Å²) in [6.07, 6.45) is 5.42. The van der Waals surface area contributed by atoms with E-state index in [-0.39, 0.29) is 0 Å². The molecular weight excluding hydrogens is 338 g/mol. The third-order valence-electron chi connectivity index (χ3n) is 4.44. The van der Waals surface area contributed by atoms with Crippen molar-refractivity contribution in [2.75, 3.05) is 24.6 Å². The number of anilines is 1. The van der Waals surface area contributed by atoms with Gasteiger partial charge in [0, 0.05) is 31.4 Å². The van der Waals surface area contributed by atoms with Gasteiger partial charge in [-0.05, 0) is 38.3 Å². The van der Waals surface area contributed by atoms with Gasteiger partial charge in [-0.15, -0.1) is 0 Å². The summed E-state index contributed by atoms with van der Waals surface area (Å²) in [4.78, 5) is 14.9. The summed E-state index contributed by atoms with van der Waals surface area (Å²) < 4.78 is 5.70. The second kappa shape index (κ2) is 7.66. The summed E-state index contributed by atoms with van der Waals surface area (Å²) in [5, 5.41) is 10.1. The lowest BCUT2D eigenvalue weighted by Crippen LogP contribution is -2.39. The van der Waals surface area contributed by atoms with Gasteiger partial charge in [0.2, 0.25) is 0 Å². The standard InChI is InChI=1S/C18H20ClN5O/c1-12-15(9-20)17(23-13(2)16(12)19)24-8-3-5-14(10-24)11-25-18-21-6-4-7-22-18/h4,6-7,14H,3,5,8,10-11H2,1-2H3. The Morgan fingerprint density at radius 1 is 1.36 bits per heavy atom. The van der Waals surface area contributed by atoms with Crippen molar-refractivity contribution in [3.05, 3.63) is 40.3 Å². The van der Waals surface area contributed by atoms with E-state index in [1.165, 1.54) is 0 Å². The minimum absolute atomic E-state index is 0.335. The lowest BCUT2D eigenvalue weighted by atomic mass is 9.98. The van der Waals surface area contributed by atoms with Crippen molar-refractivity contribution in [2.45, 2.75) is 26.7 Å². The summed E-state index contributed by atoms with van der Waals surface area (Å²) in [5.74, 6) is 1.06. The summed E-state index contributed by atoms with van der Waals surface area (Å²) >= 11 is 6.25. The first-order valence-corrected chi connectivity index (χ1v) is 8.69. The molecule has 1 atom stereocenters. The van der Waals surface area contributed by atoms with Crippen LogP contribution in [0.25, 0.3) is 0 Å². The molecule has 130 valence electrons. The van der Waals surface area contributed by atoms with Crippen molar-refractivity contribution in [3.63, 3.8) is 0 Å². The molecule has 1 fully saturated rings. The van der Waals surface area contributed by atoms with Crippen LogP contribution >= 0.6 is 11.6 Å². The van der Waals surface area contributed by atoms with Crippen molar-refractivity contribution < 1.29 is 4.74 Å². The Balaban J connectivity index is 1.74. The fourth-order valence-electron chi connectivity index (χ4n) is 3.12. The normalized spacial score (nSPS) is 17.2. The van der Waals surface area contributed by atoms with Crippen LogP contribution in [0.2, 0.25) is 5.02 Å². The molecule has 0 bridgehead atoms. The van der Waals surface area contributed by atoms with Gasteiger partial charge >= 0.3 is 6.01 Å². The van der Waals surface area contributed by atoms with Gasteiger partial charge in [0.05, 0.1) is 22.9 Å². The summed E-state index contributed by atoms with van der Waals surface area (Å²) in [5.41, 5.74) is 2.11. The Labute approximate surface area is 152 Å². The minimum atomic E-state index is 0.335. The Kier molecular flexibility index (Phi) is 5.34. The highest BCUT2D eigenvalue weighted by atomic mass is 35.5. The fourth-order valence-corrected chi connectivity index (χ4v) is 3.26. The molecule has 1 aliphatic heterocycles. The molecule has 1 saturated heterocycles. The molecule has 2 aromatic rings. The predicted molar refractivity (Wildman–Crippen MR) is 95.9 cm³/mol. The number of hydrogen-bond acceptors (Lipinski definition) is 6. The smallest absolute Gasteiger partial charge is 0.316 e. The minimum Gasteiger partial charge on any atom is -0.463 e. The van der Waals surface area contributed by atoms with Crippen LogP contribution in [-0.4, -0.2) is 34.6 Å². The molecule has 0 N–H and O–H groups in total. The molecule has 3 rings (SSSR count). The first-order valence-electron chi connectivity index (χ1n) is 8.31. The topological polar surface area (TPSA) is 74.9 Å². The average Bonchev–Trinajstić information content (AvgIpc) is 2.65. The van der Waals surface area contributed by atoms with E-state index in [0.717, 1.165) is 43.0 Å². The Morgan fingerprint density at radius 2 is 2.12 bits per heavy atom. The third kappa shape index (κ3) is 3.83. The molecular formula is C18H20ClN5O. The van der Waals surface area contributed by atoms with E-state index in [9.17, 15) is 5.26 Å². The highest BCUT2D eigenvalue weighted by molar-refractivity contribution is 6.32. The van der Waals surface area contributed by atoms with E-state index in [4.69, 9.17) is 16.3 Å². The molecule has 1 unspecified atom stereocenters. The van der Waals surface area contributed by atoms with Crippen LogP contribution in [0.4, 0.5) is 5.82 Å². The number of aryl methyl sites for hydroxylation is 1. The SMILES string of the molecule is Cc1nc(N2CCCC(COc3ncccn3)C2)c(C#N)c(C)c1Cl. The van der Waals surface area contributed by atoms with Gasteiger partial charge in [0.25, 0.3) is 0 Å². The Hall–Kier alpha value is -2.39. The highest BCUT2D eigenvalue weighted by Crippen LogP contribution is 2.31. The van der Waals surface area contributed by atoms with Gasteiger partial charge in [-0.1, -0.05) is 11.6 Å². The van der Waals surface area contributed by atoms with E-state index in [1.54, 1.807) is 18.5 Å². The van der Waals surface area contributed by atoms with E-state index >= 15 is 0 Å². The predicted octanol–water partition coefficient (Wildman–Crippen LogP) is 3.31. The van der Waals surface area contributed by atoms with E-state index in [1.807, 2.05) is 13.8 Å². The lowest BCUT2D eigenvalue weighted by molar-refractivity contribution is 0.214. The molecule has 2 aromatic heterocycles. The van der Waals surface area contributed by atoms with E-state index < -0.39 is 0 Å². The van der Waals surface area contributed by atoms with E-state index in [0.29, 0.717) is 29.1 Å². The number of rotatable bonds is 4. The third-order valence-corrected chi connectivity index (χ3v) is 5.00. The number of piperidine rings is 1. The summed E-state index contributed by atoms with van der Waals surface area (Å²) in [6.45, 7) is 5.96. The van der Waals surface area contributed by atoms with Gasteiger partial charge in [-0.2, -0.15) is 5.26 Å². The second-order valence-corrected chi connectivity index (χ2v) is 6.62. The maximum absolute atomic E-state index is 9.55. The van der Waals surface area contributed by atoms with Gasteiger partial charge in [0.15, 0.2) is 0 Å². The number of nitriles is 1. The van der Waals surface area contributed by atoms with Crippen molar-refractivity contribution in [1.29, 1.82) is 5.26 Å². The fraction of sp³-hybridized carbons (Fsp3) is 0.444. The molecule has 1 aliphatic rings. The zero-order valence-electron chi connectivity index (χ0n) is 14.4. The largest absolute Gasteiger partial charge is 0.463 e. The van der Waals surface area contributed by atoms with Crippen LogP contribution in [0, 0.1) is 31.1 Å². The van der Waals surface area contributed by atoms with Gasteiger partial charge in [-0.25, -0.2) is 15.0 Å². The lowest BCUT2D eigenvalue weighted by Gasteiger charge is -2.34. The van der Waals surface area contributed by atoms with Crippen molar-refractivity contribution in [1.82, 2.24) is 15.0 Å². The quantitative estimate of drug-likeness (QED) is 0.835. The second-order valence-electron chi connectivity index (χ2n) is 6.24.